The average molecular weight is 257 g/mol. The molecule has 1 fully saturated rings. The molecule has 3 rings (SSSR count). The van der Waals surface area contributed by atoms with Crippen LogP contribution >= 0.6 is 0 Å². The number of rotatable bonds is 2. The highest BCUT2D eigenvalue weighted by Gasteiger charge is 2.27. The van der Waals surface area contributed by atoms with Gasteiger partial charge < -0.3 is 10.3 Å². The van der Waals surface area contributed by atoms with Crippen LogP contribution in [0.2, 0.25) is 0 Å². The summed E-state index contributed by atoms with van der Waals surface area (Å²) in [6, 6.07) is 10.0. The van der Waals surface area contributed by atoms with Crippen molar-refractivity contribution in [2.24, 2.45) is 5.73 Å². The zero-order valence-electron chi connectivity index (χ0n) is 11.0. The summed E-state index contributed by atoms with van der Waals surface area (Å²) < 4.78 is 5.44. The molecule has 1 aliphatic carbocycles. The molecule has 0 radical (unpaired) electrons. The maximum Gasteiger partial charge on any atom is 0.231 e. The van der Waals surface area contributed by atoms with Gasteiger partial charge in [0.05, 0.1) is 5.92 Å². The van der Waals surface area contributed by atoms with Crippen molar-refractivity contribution >= 4 is 0 Å². The Kier molecular flexibility index (Phi) is 3.60. The van der Waals surface area contributed by atoms with Crippen LogP contribution in [0.25, 0.3) is 11.4 Å². The number of aromatic nitrogens is 2. The Morgan fingerprint density at radius 1 is 1.05 bits per heavy atom. The van der Waals surface area contributed by atoms with Crippen LogP contribution in [-0.2, 0) is 0 Å². The molecule has 1 aliphatic rings. The Balaban J connectivity index is 1.84. The molecular formula is C15H19N3O. The van der Waals surface area contributed by atoms with E-state index in [-0.39, 0.29) is 12.0 Å². The van der Waals surface area contributed by atoms with Gasteiger partial charge in [-0.3, -0.25) is 0 Å². The second-order valence-electron chi connectivity index (χ2n) is 5.23. The fourth-order valence-corrected chi connectivity index (χ4v) is 2.73. The number of hydrogen-bond acceptors (Lipinski definition) is 4. The molecule has 4 heteroatoms. The van der Waals surface area contributed by atoms with Gasteiger partial charge in [-0.1, -0.05) is 54.8 Å². The molecule has 1 saturated carbocycles. The van der Waals surface area contributed by atoms with Crippen LogP contribution in [0.3, 0.4) is 0 Å². The standard InChI is InChI=1S/C15H19N3O/c16-13-10-6-2-5-9-12(13)15-17-14(18-19-15)11-7-3-1-4-8-11/h1,3-4,7-8,12-13H,2,5-6,9-10,16H2. The number of hydrogen-bond donors (Lipinski definition) is 1. The van der Waals surface area contributed by atoms with Gasteiger partial charge in [-0.25, -0.2) is 0 Å². The Hall–Kier alpha value is -1.68. The minimum absolute atomic E-state index is 0.145. The van der Waals surface area contributed by atoms with Crippen molar-refractivity contribution in [3.8, 4) is 11.4 Å². The molecule has 0 bridgehead atoms. The van der Waals surface area contributed by atoms with Crippen molar-refractivity contribution in [2.45, 2.75) is 44.1 Å². The summed E-state index contributed by atoms with van der Waals surface area (Å²) >= 11 is 0. The summed E-state index contributed by atoms with van der Waals surface area (Å²) in [6.07, 6.45) is 5.76. The van der Waals surface area contributed by atoms with Crippen molar-refractivity contribution in [3.63, 3.8) is 0 Å². The van der Waals surface area contributed by atoms with E-state index in [9.17, 15) is 0 Å². The normalized spacial score (nSPS) is 24.1. The lowest BCUT2D eigenvalue weighted by Gasteiger charge is -2.16. The van der Waals surface area contributed by atoms with E-state index in [4.69, 9.17) is 10.3 Å². The van der Waals surface area contributed by atoms with Gasteiger partial charge in [0.25, 0.3) is 0 Å². The molecule has 0 aliphatic heterocycles. The Labute approximate surface area is 113 Å². The summed E-state index contributed by atoms with van der Waals surface area (Å²) in [5.41, 5.74) is 7.22. The van der Waals surface area contributed by atoms with Gasteiger partial charge in [0.1, 0.15) is 0 Å². The Morgan fingerprint density at radius 3 is 2.68 bits per heavy atom. The molecule has 100 valence electrons. The topological polar surface area (TPSA) is 64.9 Å². The van der Waals surface area contributed by atoms with Gasteiger partial charge in [-0.2, -0.15) is 4.98 Å². The van der Waals surface area contributed by atoms with Crippen LogP contribution in [0.15, 0.2) is 34.9 Å². The number of benzene rings is 1. The Morgan fingerprint density at radius 2 is 1.84 bits per heavy atom. The van der Waals surface area contributed by atoms with E-state index in [0.717, 1.165) is 18.4 Å². The fraction of sp³-hybridized carbons (Fsp3) is 0.467. The zero-order chi connectivity index (χ0) is 13.1. The first-order valence-electron chi connectivity index (χ1n) is 6.99. The van der Waals surface area contributed by atoms with E-state index < -0.39 is 0 Å². The summed E-state index contributed by atoms with van der Waals surface area (Å²) in [5.74, 6) is 1.58. The third-order valence-corrected chi connectivity index (χ3v) is 3.86. The summed E-state index contributed by atoms with van der Waals surface area (Å²) in [4.78, 5) is 4.54. The first-order valence-corrected chi connectivity index (χ1v) is 6.99. The molecule has 2 N–H and O–H groups in total. The van der Waals surface area contributed by atoms with Crippen LogP contribution in [-0.4, -0.2) is 16.2 Å². The quantitative estimate of drug-likeness (QED) is 0.839. The van der Waals surface area contributed by atoms with Crippen LogP contribution in [0, 0.1) is 0 Å². The first-order chi connectivity index (χ1) is 9.34. The summed E-state index contributed by atoms with van der Waals surface area (Å²) in [7, 11) is 0. The summed E-state index contributed by atoms with van der Waals surface area (Å²) in [5, 5.41) is 4.09. The van der Waals surface area contributed by atoms with Crippen molar-refractivity contribution in [1.29, 1.82) is 0 Å². The summed E-state index contributed by atoms with van der Waals surface area (Å²) in [6.45, 7) is 0. The smallest absolute Gasteiger partial charge is 0.231 e. The van der Waals surface area contributed by atoms with Crippen LogP contribution in [0.1, 0.15) is 43.9 Å². The van der Waals surface area contributed by atoms with E-state index in [1.807, 2.05) is 30.3 Å². The molecule has 0 amide bonds. The monoisotopic (exact) mass is 257 g/mol. The largest absolute Gasteiger partial charge is 0.339 e. The molecule has 0 saturated heterocycles. The molecule has 2 aromatic rings. The molecule has 19 heavy (non-hydrogen) atoms. The molecule has 1 heterocycles. The van der Waals surface area contributed by atoms with Gasteiger partial charge in [0.2, 0.25) is 11.7 Å². The fourth-order valence-electron chi connectivity index (χ4n) is 2.73. The number of nitrogens with two attached hydrogens (primary N) is 1. The van der Waals surface area contributed by atoms with E-state index >= 15 is 0 Å². The highest BCUT2D eigenvalue weighted by molar-refractivity contribution is 5.53. The molecule has 2 unspecified atom stereocenters. The predicted octanol–water partition coefficient (Wildman–Crippen LogP) is 3.11. The second kappa shape index (κ2) is 5.53. The van der Waals surface area contributed by atoms with Gasteiger partial charge in [-0.15, -0.1) is 0 Å². The van der Waals surface area contributed by atoms with E-state index in [1.165, 1.54) is 19.3 Å². The van der Waals surface area contributed by atoms with Gasteiger partial charge >= 0.3 is 0 Å². The number of nitrogens with zero attached hydrogens (tertiary/aromatic N) is 2. The molecule has 2 atom stereocenters. The minimum atomic E-state index is 0.145. The zero-order valence-corrected chi connectivity index (χ0v) is 11.0. The predicted molar refractivity (Wildman–Crippen MR) is 73.5 cm³/mol. The van der Waals surface area contributed by atoms with E-state index in [1.54, 1.807) is 0 Å². The van der Waals surface area contributed by atoms with Gasteiger partial charge in [0.15, 0.2) is 0 Å². The van der Waals surface area contributed by atoms with Crippen LogP contribution < -0.4 is 5.73 Å². The van der Waals surface area contributed by atoms with Crippen molar-refractivity contribution in [1.82, 2.24) is 10.1 Å². The highest BCUT2D eigenvalue weighted by Crippen LogP contribution is 2.31. The minimum Gasteiger partial charge on any atom is -0.339 e. The van der Waals surface area contributed by atoms with Crippen molar-refractivity contribution in [3.05, 3.63) is 36.2 Å². The van der Waals surface area contributed by atoms with Crippen LogP contribution in [0.5, 0.6) is 0 Å². The third kappa shape index (κ3) is 2.68. The van der Waals surface area contributed by atoms with Crippen molar-refractivity contribution < 1.29 is 4.52 Å². The maximum absolute atomic E-state index is 6.23. The third-order valence-electron chi connectivity index (χ3n) is 3.86. The average Bonchev–Trinajstić information content (AvgIpc) is 2.83. The SMILES string of the molecule is NC1CCCCCC1c1nc(-c2ccccc2)no1. The lowest BCUT2D eigenvalue weighted by Crippen LogP contribution is -2.27. The van der Waals surface area contributed by atoms with Crippen molar-refractivity contribution in [2.75, 3.05) is 0 Å². The molecule has 1 aromatic carbocycles. The lowest BCUT2D eigenvalue weighted by molar-refractivity contribution is 0.326. The Bertz CT molecular complexity index is 523. The molecule has 4 nitrogen and oxygen atoms in total. The molecule has 0 spiro atoms. The maximum atomic E-state index is 6.23. The lowest BCUT2D eigenvalue weighted by atomic mass is 9.95. The second-order valence-corrected chi connectivity index (χ2v) is 5.23. The van der Waals surface area contributed by atoms with E-state index in [0.29, 0.717) is 11.7 Å². The molecule has 1 aromatic heterocycles. The van der Waals surface area contributed by atoms with E-state index in [2.05, 4.69) is 10.1 Å². The van der Waals surface area contributed by atoms with Gasteiger partial charge in [-0.05, 0) is 12.8 Å². The highest BCUT2D eigenvalue weighted by atomic mass is 16.5. The van der Waals surface area contributed by atoms with Crippen LogP contribution in [0.4, 0.5) is 0 Å². The first kappa shape index (κ1) is 12.4. The molecular weight excluding hydrogens is 238 g/mol. The van der Waals surface area contributed by atoms with Gasteiger partial charge in [0, 0.05) is 11.6 Å².